The number of rotatable bonds is 1. The van der Waals surface area contributed by atoms with E-state index in [9.17, 15) is 9.90 Å². The Morgan fingerprint density at radius 1 is 1.10 bits per heavy atom. The van der Waals surface area contributed by atoms with Gasteiger partial charge in [0.25, 0.3) is 0 Å². The second kappa shape index (κ2) is 4.24. The molecule has 2 aromatic carbocycles. The molecule has 0 amide bonds. The highest BCUT2D eigenvalue weighted by Gasteiger charge is 2.30. The first kappa shape index (κ1) is 11.8. The van der Waals surface area contributed by atoms with Gasteiger partial charge in [0.1, 0.15) is 17.1 Å². The molecule has 0 unspecified atom stereocenters. The molecule has 0 bridgehead atoms. The zero-order chi connectivity index (χ0) is 14.4. The Kier molecular flexibility index (Phi) is 2.38. The molecule has 1 aliphatic heterocycles. The van der Waals surface area contributed by atoms with Gasteiger partial charge in [-0.25, -0.2) is 0 Å². The number of nitrogens with one attached hydrogen (secondary N) is 1. The van der Waals surface area contributed by atoms with Crippen LogP contribution in [0.3, 0.4) is 0 Å². The molecule has 4 nitrogen and oxygen atoms in total. The van der Waals surface area contributed by atoms with E-state index in [1.165, 1.54) is 6.07 Å². The van der Waals surface area contributed by atoms with Crippen LogP contribution >= 0.6 is 0 Å². The van der Waals surface area contributed by atoms with Gasteiger partial charge >= 0.3 is 0 Å². The van der Waals surface area contributed by atoms with Crippen molar-refractivity contribution in [1.29, 1.82) is 0 Å². The van der Waals surface area contributed by atoms with Gasteiger partial charge in [-0.05, 0) is 24.3 Å². The number of H-pyrrole nitrogens is 1. The maximum absolute atomic E-state index is 12.3. The fourth-order valence-electron chi connectivity index (χ4n) is 2.57. The summed E-state index contributed by atoms with van der Waals surface area (Å²) in [4.78, 5) is 15.5. The van der Waals surface area contributed by atoms with Crippen molar-refractivity contribution in [3.63, 3.8) is 0 Å². The lowest BCUT2D eigenvalue weighted by molar-refractivity contribution is 0.101. The number of hydrogen-bond acceptors (Lipinski definition) is 3. The van der Waals surface area contributed by atoms with Crippen LogP contribution in [-0.4, -0.2) is 15.9 Å². The maximum atomic E-state index is 12.3. The number of ether oxygens (including phenoxy) is 1. The summed E-state index contributed by atoms with van der Waals surface area (Å²) in [6.45, 7) is 0. The van der Waals surface area contributed by atoms with Gasteiger partial charge in [-0.1, -0.05) is 24.3 Å². The number of ketones is 1. The van der Waals surface area contributed by atoms with E-state index in [1.807, 2.05) is 30.5 Å². The minimum Gasteiger partial charge on any atom is -0.507 e. The van der Waals surface area contributed by atoms with Crippen molar-refractivity contribution in [2.75, 3.05) is 0 Å². The van der Waals surface area contributed by atoms with Crippen LogP contribution in [0.15, 0.2) is 54.4 Å². The van der Waals surface area contributed by atoms with E-state index >= 15 is 0 Å². The standard InChI is InChI=1S/C17H11NO3/c19-13-6-3-7-14-16(13)17(20)15(21-14)8-10-9-18-12-5-2-1-4-11(10)12/h1-9,18-19H/b15-8+. The highest BCUT2D eigenvalue weighted by atomic mass is 16.5. The predicted octanol–water partition coefficient (Wildman–Crippen LogP) is 3.49. The molecule has 102 valence electrons. The van der Waals surface area contributed by atoms with Gasteiger partial charge in [0, 0.05) is 22.7 Å². The molecular formula is C17H11NO3. The fourth-order valence-corrected chi connectivity index (χ4v) is 2.57. The first-order chi connectivity index (χ1) is 10.2. The summed E-state index contributed by atoms with van der Waals surface area (Å²) in [5, 5.41) is 10.8. The summed E-state index contributed by atoms with van der Waals surface area (Å²) in [7, 11) is 0. The normalized spacial score (nSPS) is 15.4. The van der Waals surface area contributed by atoms with Gasteiger partial charge in [0.15, 0.2) is 5.76 Å². The van der Waals surface area contributed by atoms with Crippen LogP contribution in [0, 0.1) is 0 Å². The van der Waals surface area contributed by atoms with E-state index in [-0.39, 0.29) is 22.9 Å². The molecule has 0 radical (unpaired) electrons. The van der Waals surface area contributed by atoms with E-state index in [0.29, 0.717) is 5.75 Å². The number of carbonyl (C=O) groups excluding carboxylic acids is 1. The SMILES string of the molecule is O=C1/C(=C\c2c[nH]c3ccccc23)Oc2cccc(O)c21. The van der Waals surface area contributed by atoms with Crippen molar-refractivity contribution in [2.24, 2.45) is 0 Å². The Morgan fingerprint density at radius 3 is 2.81 bits per heavy atom. The molecule has 0 saturated heterocycles. The number of phenolic OH excluding ortho intramolecular Hbond substituents is 1. The molecule has 1 aromatic heterocycles. The summed E-state index contributed by atoms with van der Waals surface area (Å²) in [6.07, 6.45) is 3.53. The summed E-state index contributed by atoms with van der Waals surface area (Å²) in [6, 6.07) is 12.6. The number of hydrogen-bond donors (Lipinski definition) is 2. The average molecular weight is 277 g/mol. The zero-order valence-corrected chi connectivity index (χ0v) is 11.0. The Bertz CT molecular complexity index is 905. The molecule has 1 aliphatic rings. The number of fused-ring (bicyclic) bond motifs is 2. The van der Waals surface area contributed by atoms with Gasteiger partial charge in [0.05, 0.1) is 0 Å². The second-order valence-corrected chi connectivity index (χ2v) is 4.88. The summed E-state index contributed by atoms with van der Waals surface area (Å²) >= 11 is 0. The largest absolute Gasteiger partial charge is 0.507 e. The minimum absolute atomic E-state index is 0.0557. The fraction of sp³-hybridized carbons (Fsp3) is 0. The molecule has 4 heteroatoms. The van der Waals surface area contributed by atoms with Crippen LogP contribution in [0.25, 0.3) is 17.0 Å². The van der Waals surface area contributed by atoms with Gasteiger partial charge in [-0.2, -0.15) is 0 Å². The predicted molar refractivity (Wildman–Crippen MR) is 79.3 cm³/mol. The number of aromatic nitrogens is 1. The quantitative estimate of drug-likeness (QED) is 0.669. The Balaban J connectivity index is 1.82. The van der Waals surface area contributed by atoms with E-state index in [1.54, 1.807) is 18.2 Å². The topological polar surface area (TPSA) is 62.3 Å². The minimum atomic E-state index is -0.298. The van der Waals surface area contributed by atoms with Crippen LogP contribution in [0.5, 0.6) is 11.5 Å². The van der Waals surface area contributed by atoms with Crippen molar-refractivity contribution in [1.82, 2.24) is 4.98 Å². The van der Waals surface area contributed by atoms with E-state index in [0.717, 1.165) is 16.5 Å². The molecular weight excluding hydrogens is 266 g/mol. The number of para-hydroxylation sites is 1. The molecule has 0 fully saturated rings. The van der Waals surface area contributed by atoms with Crippen molar-refractivity contribution >= 4 is 22.8 Å². The molecule has 2 N–H and O–H groups in total. The van der Waals surface area contributed by atoms with E-state index < -0.39 is 0 Å². The summed E-state index contributed by atoms with van der Waals surface area (Å²) in [5.41, 5.74) is 2.10. The monoisotopic (exact) mass is 277 g/mol. The maximum Gasteiger partial charge on any atom is 0.235 e. The number of Topliss-reactive ketones (excluding diaryl/α,β-unsaturated/α-hetero) is 1. The highest BCUT2D eigenvalue weighted by Crippen LogP contribution is 2.37. The Morgan fingerprint density at radius 2 is 1.95 bits per heavy atom. The number of carbonyl (C=O) groups is 1. The van der Waals surface area contributed by atoms with E-state index in [4.69, 9.17) is 4.74 Å². The molecule has 21 heavy (non-hydrogen) atoms. The van der Waals surface area contributed by atoms with Crippen molar-refractivity contribution < 1.29 is 14.6 Å². The number of benzene rings is 2. The average Bonchev–Trinajstić information content (AvgIpc) is 3.03. The van der Waals surface area contributed by atoms with Crippen LogP contribution < -0.4 is 4.74 Å². The lowest BCUT2D eigenvalue weighted by Gasteiger charge is -1.97. The smallest absolute Gasteiger partial charge is 0.235 e. The molecule has 2 heterocycles. The lowest BCUT2D eigenvalue weighted by Crippen LogP contribution is -1.98. The van der Waals surface area contributed by atoms with Crippen LogP contribution in [0.4, 0.5) is 0 Å². The Hall–Kier alpha value is -3.01. The number of phenols is 1. The first-order valence-corrected chi connectivity index (χ1v) is 6.56. The Labute approximate surface area is 120 Å². The highest BCUT2D eigenvalue weighted by molar-refractivity contribution is 6.16. The van der Waals surface area contributed by atoms with Crippen molar-refractivity contribution in [2.45, 2.75) is 0 Å². The molecule has 0 saturated carbocycles. The third-order valence-electron chi connectivity index (χ3n) is 3.58. The van der Waals surface area contributed by atoms with Gasteiger partial charge in [-0.15, -0.1) is 0 Å². The molecule has 4 rings (SSSR count). The third-order valence-corrected chi connectivity index (χ3v) is 3.58. The first-order valence-electron chi connectivity index (χ1n) is 6.56. The van der Waals surface area contributed by atoms with Crippen molar-refractivity contribution in [3.8, 4) is 11.5 Å². The van der Waals surface area contributed by atoms with Crippen LogP contribution in [0.2, 0.25) is 0 Å². The number of allylic oxidation sites excluding steroid dienone is 1. The summed E-state index contributed by atoms with van der Waals surface area (Å²) < 4.78 is 5.56. The second-order valence-electron chi connectivity index (χ2n) is 4.88. The molecule has 0 atom stereocenters. The number of aromatic hydroxyl groups is 1. The molecule has 3 aromatic rings. The number of aromatic amines is 1. The van der Waals surface area contributed by atoms with Gasteiger partial charge in [-0.3, -0.25) is 4.79 Å². The van der Waals surface area contributed by atoms with Crippen molar-refractivity contribution in [3.05, 3.63) is 65.5 Å². The van der Waals surface area contributed by atoms with E-state index in [2.05, 4.69) is 4.98 Å². The van der Waals surface area contributed by atoms with Crippen LogP contribution in [-0.2, 0) is 0 Å². The zero-order valence-electron chi connectivity index (χ0n) is 11.0. The lowest BCUT2D eigenvalue weighted by atomic mass is 10.1. The third kappa shape index (κ3) is 1.73. The van der Waals surface area contributed by atoms with Gasteiger partial charge in [0.2, 0.25) is 5.78 Å². The molecule has 0 spiro atoms. The van der Waals surface area contributed by atoms with Gasteiger partial charge < -0.3 is 14.8 Å². The summed E-state index contributed by atoms with van der Waals surface area (Å²) in [5.74, 6) is 0.260. The molecule has 0 aliphatic carbocycles. The van der Waals surface area contributed by atoms with Crippen LogP contribution in [0.1, 0.15) is 15.9 Å².